The molecule has 110 valence electrons. The van der Waals surface area contributed by atoms with Crippen molar-refractivity contribution >= 4 is 34.9 Å². The molecule has 0 fully saturated rings. The number of hydrogen-bond donors (Lipinski definition) is 1. The summed E-state index contributed by atoms with van der Waals surface area (Å²) in [4.78, 5) is 23.3. The van der Waals surface area contributed by atoms with Crippen molar-refractivity contribution in [1.82, 2.24) is 4.57 Å². The Hall–Kier alpha value is -1.98. The van der Waals surface area contributed by atoms with Crippen LogP contribution in [0, 0.1) is 0 Å². The molecule has 0 atom stereocenters. The zero-order chi connectivity index (χ0) is 15.4. The molecule has 0 spiro atoms. The second-order valence-corrected chi connectivity index (χ2v) is 5.17. The number of benzene rings is 1. The van der Waals surface area contributed by atoms with Crippen molar-refractivity contribution in [2.45, 2.75) is 13.2 Å². The molecular weight excluding hydrogens is 315 g/mol. The van der Waals surface area contributed by atoms with Gasteiger partial charge in [0, 0.05) is 33.6 Å². The lowest BCUT2D eigenvalue weighted by atomic mass is 10.2. The molecule has 1 heterocycles. The van der Waals surface area contributed by atoms with Crippen molar-refractivity contribution in [3.8, 4) is 0 Å². The highest BCUT2D eigenvalue weighted by molar-refractivity contribution is 6.35. The molecule has 0 saturated carbocycles. The second-order valence-electron chi connectivity index (χ2n) is 4.32. The quantitative estimate of drug-likeness (QED) is 0.876. The maximum absolute atomic E-state index is 11.7. The molecule has 5 nitrogen and oxygen atoms in total. The van der Waals surface area contributed by atoms with Gasteiger partial charge in [0.1, 0.15) is 13.2 Å². The summed E-state index contributed by atoms with van der Waals surface area (Å²) in [5, 5.41) is 0.915. The fourth-order valence-electron chi connectivity index (χ4n) is 1.66. The summed E-state index contributed by atoms with van der Waals surface area (Å²) in [6.45, 7) is -0.207. The Bertz CT molecular complexity index is 728. The van der Waals surface area contributed by atoms with Crippen LogP contribution in [0.15, 0.2) is 41.3 Å². The maximum Gasteiger partial charge on any atom is 0.326 e. The number of ether oxygens (including phenoxy) is 1. The predicted octanol–water partition coefficient (Wildman–Crippen LogP) is 2.48. The van der Waals surface area contributed by atoms with Gasteiger partial charge in [-0.05, 0) is 18.2 Å². The molecule has 0 bridgehead atoms. The van der Waals surface area contributed by atoms with Crippen LogP contribution in [0.25, 0.3) is 0 Å². The van der Waals surface area contributed by atoms with Crippen LogP contribution < -0.4 is 11.3 Å². The average molecular weight is 327 g/mol. The van der Waals surface area contributed by atoms with E-state index in [9.17, 15) is 9.59 Å². The van der Waals surface area contributed by atoms with Crippen molar-refractivity contribution in [3.05, 3.63) is 62.5 Å². The zero-order valence-corrected chi connectivity index (χ0v) is 12.4. The lowest BCUT2D eigenvalue weighted by Crippen LogP contribution is -2.24. The number of nitrogens with zero attached hydrogens (tertiary/aromatic N) is 1. The molecule has 0 radical (unpaired) electrons. The highest BCUT2D eigenvalue weighted by atomic mass is 35.5. The Morgan fingerprint density at radius 1 is 1.24 bits per heavy atom. The van der Waals surface area contributed by atoms with Crippen molar-refractivity contribution in [3.63, 3.8) is 0 Å². The molecular formula is C14H12Cl2N2O3. The Morgan fingerprint density at radius 3 is 2.71 bits per heavy atom. The number of carbonyl (C=O) groups excluding carboxylic acids is 1. The van der Waals surface area contributed by atoms with E-state index in [4.69, 9.17) is 33.7 Å². The summed E-state index contributed by atoms with van der Waals surface area (Å²) in [6, 6.07) is 7.65. The number of pyridine rings is 1. The van der Waals surface area contributed by atoms with E-state index in [0.29, 0.717) is 21.3 Å². The molecule has 2 N–H and O–H groups in total. The topological polar surface area (TPSA) is 74.3 Å². The smallest absolute Gasteiger partial charge is 0.326 e. The summed E-state index contributed by atoms with van der Waals surface area (Å²) >= 11 is 11.7. The van der Waals surface area contributed by atoms with Crippen molar-refractivity contribution in [2.75, 3.05) is 5.73 Å². The highest BCUT2D eigenvalue weighted by Gasteiger charge is 2.08. The van der Waals surface area contributed by atoms with Crippen LogP contribution in [0.4, 0.5) is 5.69 Å². The molecule has 1 aromatic carbocycles. The largest absolute Gasteiger partial charge is 0.459 e. The molecule has 21 heavy (non-hydrogen) atoms. The van der Waals surface area contributed by atoms with Gasteiger partial charge in [-0.3, -0.25) is 9.59 Å². The van der Waals surface area contributed by atoms with E-state index in [-0.39, 0.29) is 18.7 Å². The van der Waals surface area contributed by atoms with Gasteiger partial charge >= 0.3 is 5.97 Å². The molecule has 1 aromatic heterocycles. The fourth-order valence-corrected chi connectivity index (χ4v) is 2.12. The molecule has 0 aliphatic carbocycles. The zero-order valence-electron chi connectivity index (χ0n) is 10.9. The molecule has 0 amide bonds. The van der Waals surface area contributed by atoms with Crippen LogP contribution in [0.5, 0.6) is 0 Å². The molecule has 2 rings (SSSR count). The van der Waals surface area contributed by atoms with E-state index in [1.807, 2.05) is 0 Å². The van der Waals surface area contributed by atoms with Crippen LogP contribution in [-0.4, -0.2) is 10.5 Å². The fraction of sp³-hybridized carbons (Fsp3) is 0.143. The molecule has 2 aromatic rings. The Labute approximate surface area is 130 Å². The van der Waals surface area contributed by atoms with E-state index < -0.39 is 5.97 Å². The summed E-state index contributed by atoms with van der Waals surface area (Å²) in [6.07, 6.45) is 1.39. The number of aromatic nitrogens is 1. The first kappa shape index (κ1) is 15.4. The average Bonchev–Trinajstić information content (AvgIpc) is 2.42. The normalized spacial score (nSPS) is 10.4. The van der Waals surface area contributed by atoms with E-state index in [2.05, 4.69) is 0 Å². The maximum atomic E-state index is 11.7. The standard InChI is InChI=1S/C14H12Cl2N2O3/c15-10-2-1-9(12(16)5-10)8-21-14(20)7-18-6-11(17)3-4-13(18)19/h1-6H,7-8,17H2. The number of anilines is 1. The monoisotopic (exact) mass is 326 g/mol. The van der Waals surface area contributed by atoms with Crippen LogP contribution >= 0.6 is 23.2 Å². The Morgan fingerprint density at radius 2 is 2.00 bits per heavy atom. The number of rotatable bonds is 4. The third-order valence-electron chi connectivity index (χ3n) is 2.71. The molecule has 0 saturated heterocycles. The molecule has 0 aliphatic rings. The lowest BCUT2D eigenvalue weighted by molar-refractivity contribution is -0.145. The minimum atomic E-state index is -0.561. The van der Waals surface area contributed by atoms with Crippen molar-refractivity contribution in [2.24, 2.45) is 0 Å². The first-order chi connectivity index (χ1) is 9.95. The number of carbonyl (C=O) groups is 1. The SMILES string of the molecule is Nc1ccc(=O)n(CC(=O)OCc2ccc(Cl)cc2Cl)c1. The van der Waals surface area contributed by atoms with E-state index in [1.165, 1.54) is 22.9 Å². The van der Waals surface area contributed by atoms with Gasteiger partial charge in [-0.1, -0.05) is 29.3 Å². The third-order valence-corrected chi connectivity index (χ3v) is 3.30. The summed E-state index contributed by atoms with van der Waals surface area (Å²) < 4.78 is 6.26. The lowest BCUT2D eigenvalue weighted by Gasteiger charge is -2.08. The number of nitrogen functional groups attached to an aromatic ring is 1. The first-order valence-electron chi connectivity index (χ1n) is 6.01. The highest BCUT2D eigenvalue weighted by Crippen LogP contribution is 2.21. The minimum absolute atomic E-state index is 0.00585. The van der Waals surface area contributed by atoms with Gasteiger partial charge in [-0.25, -0.2) is 0 Å². The number of nitrogens with two attached hydrogens (primary N) is 1. The van der Waals surface area contributed by atoms with Gasteiger partial charge in [-0.15, -0.1) is 0 Å². The van der Waals surface area contributed by atoms with Crippen LogP contribution in [-0.2, 0) is 22.7 Å². The first-order valence-corrected chi connectivity index (χ1v) is 6.77. The molecule has 7 heteroatoms. The van der Waals surface area contributed by atoms with Gasteiger partial charge in [-0.2, -0.15) is 0 Å². The third kappa shape index (κ3) is 4.24. The molecule has 0 unspecified atom stereocenters. The van der Waals surface area contributed by atoms with Crippen molar-refractivity contribution in [1.29, 1.82) is 0 Å². The van der Waals surface area contributed by atoms with Gasteiger partial charge in [0.25, 0.3) is 5.56 Å². The minimum Gasteiger partial charge on any atom is -0.459 e. The number of esters is 1. The number of hydrogen-bond acceptors (Lipinski definition) is 4. The second kappa shape index (κ2) is 6.65. The van der Waals surface area contributed by atoms with Gasteiger partial charge in [0.15, 0.2) is 0 Å². The van der Waals surface area contributed by atoms with E-state index in [0.717, 1.165) is 0 Å². The van der Waals surface area contributed by atoms with Gasteiger partial charge in [0.05, 0.1) is 0 Å². The summed E-state index contributed by atoms with van der Waals surface area (Å²) in [5.41, 5.74) is 6.26. The van der Waals surface area contributed by atoms with Crippen molar-refractivity contribution < 1.29 is 9.53 Å². The van der Waals surface area contributed by atoms with Gasteiger partial charge < -0.3 is 15.0 Å². The van der Waals surface area contributed by atoms with E-state index >= 15 is 0 Å². The Kier molecular flexibility index (Phi) is 4.88. The van der Waals surface area contributed by atoms with Crippen LogP contribution in [0.2, 0.25) is 10.0 Å². The number of halogens is 2. The summed E-state index contributed by atoms with van der Waals surface area (Å²) in [7, 11) is 0. The van der Waals surface area contributed by atoms with Gasteiger partial charge in [0.2, 0.25) is 0 Å². The van der Waals surface area contributed by atoms with Crippen LogP contribution in [0.3, 0.4) is 0 Å². The summed E-state index contributed by atoms with van der Waals surface area (Å²) in [5.74, 6) is -0.561. The molecule has 0 aliphatic heterocycles. The van der Waals surface area contributed by atoms with Crippen LogP contribution in [0.1, 0.15) is 5.56 Å². The predicted molar refractivity (Wildman–Crippen MR) is 81.4 cm³/mol. The Balaban J connectivity index is 1.99. The van der Waals surface area contributed by atoms with E-state index in [1.54, 1.807) is 18.2 Å².